The zero-order chi connectivity index (χ0) is 20.6. The molecule has 157 valence electrons. The van der Waals surface area contributed by atoms with Gasteiger partial charge in [0, 0.05) is 5.31 Å². The molecule has 0 N–H and O–H groups in total. The SMILES string of the molecule is CCCCCCCC([B]C(C#N)(CC)C(C)(C)CCC)CCCCCCC. The number of nitriles is 1. The normalized spacial score (nSPS) is 14.1. The van der Waals surface area contributed by atoms with Gasteiger partial charge in [-0.25, -0.2) is 0 Å². The molecule has 1 unspecified atom stereocenters. The minimum Gasteiger partial charge on any atom is -0.199 e. The monoisotopic (exact) mass is 374 g/mol. The molecule has 0 aromatic carbocycles. The highest BCUT2D eigenvalue weighted by Crippen LogP contribution is 2.52. The Hall–Kier alpha value is -0.445. The van der Waals surface area contributed by atoms with E-state index in [4.69, 9.17) is 0 Å². The smallest absolute Gasteiger partial charge is 0.141 e. The Labute approximate surface area is 173 Å². The van der Waals surface area contributed by atoms with E-state index in [0.29, 0.717) is 5.82 Å². The van der Waals surface area contributed by atoms with Gasteiger partial charge in [-0.2, -0.15) is 5.26 Å². The highest BCUT2D eigenvalue weighted by atomic mass is 14.4. The second-order valence-corrected chi connectivity index (χ2v) is 9.40. The molecule has 0 saturated carbocycles. The summed E-state index contributed by atoms with van der Waals surface area (Å²) in [4.78, 5) is 0. The molecule has 0 aromatic heterocycles. The Kier molecular flexibility index (Phi) is 15.2. The number of rotatable bonds is 18. The Morgan fingerprint density at radius 1 is 0.741 bits per heavy atom. The van der Waals surface area contributed by atoms with Crippen LogP contribution in [-0.2, 0) is 0 Å². The summed E-state index contributed by atoms with van der Waals surface area (Å²) in [6.07, 6.45) is 19.3. The highest BCUT2D eigenvalue weighted by molar-refractivity contribution is 6.43. The van der Waals surface area contributed by atoms with Gasteiger partial charge in [0.1, 0.15) is 7.28 Å². The Bertz CT molecular complexity index is 370. The molecule has 0 bridgehead atoms. The van der Waals surface area contributed by atoms with Gasteiger partial charge in [0.25, 0.3) is 0 Å². The van der Waals surface area contributed by atoms with Crippen molar-refractivity contribution in [2.75, 3.05) is 0 Å². The molecular formula is C25H49BN. The van der Waals surface area contributed by atoms with Crippen molar-refractivity contribution in [2.24, 2.45) is 5.41 Å². The predicted molar refractivity (Wildman–Crippen MR) is 124 cm³/mol. The van der Waals surface area contributed by atoms with Crippen molar-refractivity contribution < 1.29 is 0 Å². The first-order valence-electron chi connectivity index (χ1n) is 12.2. The van der Waals surface area contributed by atoms with E-state index in [0.717, 1.165) is 19.3 Å². The van der Waals surface area contributed by atoms with Gasteiger partial charge < -0.3 is 0 Å². The van der Waals surface area contributed by atoms with Gasteiger partial charge in [-0.15, -0.1) is 0 Å². The molecule has 0 aromatic rings. The van der Waals surface area contributed by atoms with Crippen LogP contribution in [-0.4, -0.2) is 7.28 Å². The summed E-state index contributed by atoms with van der Waals surface area (Å²) >= 11 is 0. The molecule has 0 rings (SSSR count). The standard InChI is InChI=1S/C25H49BN/c1-7-11-13-15-17-19-23(20-18-16-14-12-8-2)26-25(10-4,22-27)24(5,6)21-9-3/h23H,7-21H2,1-6H3. The van der Waals surface area contributed by atoms with Crippen LogP contribution in [0.5, 0.6) is 0 Å². The number of hydrogen-bond donors (Lipinski definition) is 0. The van der Waals surface area contributed by atoms with E-state index in [1.54, 1.807) is 0 Å². The molecule has 1 radical (unpaired) electrons. The van der Waals surface area contributed by atoms with Crippen LogP contribution in [0.3, 0.4) is 0 Å². The number of hydrogen-bond acceptors (Lipinski definition) is 1. The quantitative estimate of drug-likeness (QED) is 0.173. The lowest BCUT2D eigenvalue weighted by molar-refractivity contribution is 0.246. The lowest BCUT2D eigenvalue weighted by Crippen LogP contribution is -2.37. The van der Waals surface area contributed by atoms with Crippen LogP contribution in [0.15, 0.2) is 0 Å². The van der Waals surface area contributed by atoms with E-state index in [1.165, 1.54) is 77.0 Å². The number of nitrogens with zero attached hydrogens (tertiary/aromatic N) is 1. The first-order valence-corrected chi connectivity index (χ1v) is 12.2. The fourth-order valence-corrected chi connectivity index (χ4v) is 4.67. The first-order chi connectivity index (χ1) is 12.9. The van der Waals surface area contributed by atoms with Crippen molar-refractivity contribution in [3.8, 4) is 6.07 Å². The van der Waals surface area contributed by atoms with E-state index in [-0.39, 0.29) is 10.7 Å². The summed E-state index contributed by atoms with van der Waals surface area (Å²) in [6.45, 7) is 13.7. The molecule has 27 heavy (non-hydrogen) atoms. The van der Waals surface area contributed by atoms with Crippen molar-refractivity contribution in [3.63, 3.8) is 0 Å². The Morgan fingerprint density at radius 2 is 1.22 bits per heavy atom. The molecule has 1 atom stereocenters. The van der Waals surface area contributed by atoms with E-state index < -0.39 is 0 Å². The summed E-state index contributed by atoms with van der Waals surface area (Å²) in [5.41, 5.74) is 0.0634. The van der Waals surface area contributed by atoms with E-state index in [9.17, 15) is 5.26 Å². The van der Waals surface area contributed by atoms with Gasteiger partial charge in [-0.1, -0.05) is 131 Å². The van der Waals surface area contributed by atoms with Gasteiger partial charge in [0.15, 0.2) is 0 Å². The van der Waals surface area contributed by atoms with Crippen LogP contribution in [0.25, 0.3) is 0 Å². The van der Waals surface area contributed by atoms with Crippen LogP contribution in [0, 0.1) is 16.7 Å². The molecule has 0 spiro atoms. The summed E-state index contributed by atoms with van der Waals surface area (Å²) in [7, 11) is 2.52. The zero-order valence-electron chi connectivity index (χ0n) is 19.7. The molecule has 0 heterocycles. The summed E-state index contributed by atoms with van der Waals surface area (Å²) < 4.78 is 0. The largest absolute Gasteiger partial charge is 0.199 e. The van der Waals surface area contributed by atoms with Crippen LogP contribution < -0.4 is 0 Å². The van der Waals surface area contributed by atoms with Crippen molar-refractivity contribution in [3.05, 3.63) is 0 Å². The molecule has 0 amide bonds. The summed E-state index contributed by atoms with van der Waals surface area (Å²) in [6, 6.07) is 2.79. The van der Waals surface area contributed by atoms with Crippen LogP contribution in [0.1, 0.15) is 138 Å². The minimum absolute atomic E-state index is 0.0634. The highest BCUT2D eigenvalue weighted by Gasteiger charge is 2.44. The van der Waals surface area contributed by atoms with Gasteiger partial charge in [-0.3, -0.25) is 0 Å². The van der Waals surface area contributed by atoms with Crippen LogP contribution in [0.2, 0.25) is 11.1 Å². The summed E-state index contributed by atoms with van der Waals surface area (Å²) in [5.74, 6) is 0.615. The van der Waals surface area contributed by atoms with Crippen molar-refractivity contribution in [1.82, 2.24) is 0 Å². The molecule has 0 saturated heterocycles. The molecule has 0 fully saturated rings. The second-order valence-electron chi connectivity index (χ2n) is 9.40. The number of unbranched alkanes of at least 4 members (excludes halogenated alkanes) is 8. The van der Waals surface area contributed by atoms with E-state index in [1.807, 2.05) is 0 Å². The van der Waals surface area contributed by atoms with Crippen molar-refractivity contribution in [2.45, 2.75) is 149 Å². The molecule has 2 heteroatoms. The lowest BCUT2D eigenvalue weighted by atomic mass is 9.36. The average molecular weight is 374 g/mol. The van der Waals surface area contributed by atoms with Crippen LogP contribution in [0.4, 0.5) is 0 Å². The van der Waals surface area contributed by atoms with Gasteiger partial charge in [0.2, 0.25) is 0 Å². The minimum atomic E-state index is -0.277. The maximum absolute atomic E-state index is 10.2. The van der Waals surface area contributed by atoms with Crippen LogP contribution >= 0.6 is 0 Å². The average Bonchev–Trinajstić information content (AvgIpc) is 2.64. The van der Waals surface area contributed by atoms with Crippen molar-refractivity contribution in [1.29, 1.82) is 5.26 Å². The van der Waals surface area contributed by atoms with E-state index >= 15 is 0 Å². The molecular weight excluding hydrogens is 325 g/mol. The third kappa shape index (κ3) is 10.1. The Balaban J connectivity index is 4.94. The lowest BCUT2D eigenvalue weighted by Gasteiger charge is -2.43. The topological polar surface area (TPSA) is 23.8 Å². The third-order valence-electron chi connectivity index (χ3n) is 6.72. The Morgan fingerprint density at radius 3 is 1.59 bits per heavy atom. The maximum Gasteiger partial charge on any atom is 0.141 e. The van der Waals surface area contributed by atoms with Gasteiger partial charge in [0.05, 0.1) is 6.07 Å². The second kappa shape index (κ2) is 15.5. The first kappa shape index (κ1) is 26.6. The fraction of sp³-hybridized carbons (Fsp3) is 0.960. The zero-order valence-corrected chi connectivity index (χ0v) is 19.7. The molecule has 0 aliphatic heterocycles. The fourth-order valence-electron chi connectivity index (χ4n) is 4.67. The molecule has 1 nitrogen and oxygen atoms in total. The van der Waals surface area contributed by atoms with Crippen molar-refractivity contribution >= 4 is 7.28 Å². The summed E-state index contributed by atoms with van der Waals surface area (Å²) in [5, 5.41) is 9.91. The molecule has 0 aliphatic rings. The third-order valence-corrected chi connectivity index (χ3v) is 6.72. The van der Waals surface area contributed by atoms with E-state index in [2.05, 4.69) is 54.9 Å². The molecule has 0 aliphatic carbocycles. The van der Waals surface area contributed by atoms with Gasteiger partial charge in [-0.05, 0) is 18.3 Å². The van der Waals surface area contributed by atoms with Gasteiger partial charge >= 0.3 is 0 Å². The maximum atomic E-state index is 10.2. The predicted octanol–water partition coefficient (Wildman–Crippen LogP) is 9.12.